The Bertz CT molecular complexity index is 53.8. The summed E-state index contributed by atoms with van der Waals surface area (Å²) in [4.78, 5) is 3.99. The largest absolute Gasteiger partial charge is 0.285 e. The summed E-state index contributed by atoms with van der Waals surface area (Å²) < 4.78 is 0. The van der Waals surface area contributed by atoms with Gasteiger partial charge >= 0.3 is 0 Å². The molecule has 3 heteroatoms. The summed E-state index contributed by atoms with van der Waals surface area (Å²) in [5.74, 6) is 2.04. The first kappa shape index (κ1) is 4.53. The molecule has 0 spiro atoms. The third-order valence-corrected chi connectivity index (χ3v) is 2.41. The SMILES string of the molecule is C1=NCSSC1. The van der Waals surface area contributed by atoms with Crippen molar-refractivity contribution in [2.45, 2.75) is 0 Å². The van der Waals surface area contributed by atoms with E-state index in [1.165, 1.54) is 0 Å². The predicted octanol–water partition coefficient (Wildman–Crippen LogP) is 1.41. The van der Waals surface area contributed by atoms with Crippen molar-refractivity contribution in [3.05, 3.63) is 0 Å². The molecule has 0 radical (unpaired) electrons. The zero-order valence-electron chi connectivity index (χ0n) is 3.26. The molecule has 0 amide bonds. The van der Waals surface area contributed by atoms with E-state index in [-0.39, 0.29) is 0 Å². The van der Waals surface area contributed by atoms with Crippen LogP contribution in [0.3, 0.4) is 0 Å². The Morgan fingerprint density at radius 2 is 2.50 bits per heavy atom. The second-order valence-corrected chi connectivity index (χ2v) is 3.37. The Balaban J connectivity index is 2.26. The molecule has 0 saturated heterocycles. The third kappa shape index (κ3) is 1.22. The highest BCUT2D eigenvalue weighted by Crippen LogP contribution is 2.22. The van der Waals surface area contributed by atoms with Crippen LogP contribution in [-0.2, 0) is 0 Å². The summed E-state index contributed by atoms with van der Waals surface area (Å²) in [5, 5.41) is 0. The molecular weight excluding hydrogens is 114 g/mol. The molecule has 1 nitrogen and oxygen atoms in total. The van der Waals surface area contributed by atoms with E-state index in [2.05, 4.69) is 4.99 Å². The maximum atomic E-state index is 3.99. The monoisotopic (exact) mass is 119 g/mol. The van der Waals surface area contributed by atoms with E-state index in [0.717, 1.165) is 11.6 Å². The van der Waals surface area contributed by atoms with Crippen molar-refractivity contribution in [3.63, 3.8) is 0 Å². The van der Waals surface area contributed by atoms with E-state index >= 15 is 0 Å². The molecule has 0 bridgehead atoms. The van der Waals surface area contributed by atoms with Crippen molar-refractivity contribution in [1.82, 2.24) is 0 Å². The van der Waals surface area contributed by atoms with Crippen molar-refractivity contribution >= 4 is 27.8 Å². The Morgan fingerprint density at radius 3 is 2.67 bits per heavy atom. The third-order valence-electron chi connectivity index (χ3n) is 0.482. The number of rotatable bonds is 0. The van der Waals surface area contributed by atoms with Crippen molar-refractivity contribution in [1.29, 1.82) is 0 Å². The predicted molar refractivity (Wildman–Crippen MR) is 33.4 cm³/mol. The minimum Gasteiger partial charge on any atom is -0.285 e. The second-order valence-electron chi connectivity index (χ2n) is 0.897. The Hall–Kier alpha value is 0.370. The molecule has 0 aromatic heterocycles. The highest BCUT2D eigenvalue weighted by atomic mass is 33.1. The number of nitrogens with zero attached hydrogens (tertiary/aromatic N) is 1. The van der Waals surface area contributed by atoms with Gasteiger partial charge in [0.15, 0.2) is 0 Å². The van der Waals surface area contributed by atoms with Gasteiger partial charge in [-0.05, 0) is 0 Å². The van der Waals surface area contributed by atoms with Gasteiger partial charge in [-0.25, -0.2) is 0 Å². The van der Waals surface area contributed by atoms with Crippen LogP contribution in [-0.4, -0.2) is 17.8 Å². The quantitative estimate of drug-likeness (QED) is 0.447. The fourth-order valence-corrected chi connectivity index (χ4v) is 1.63. The van der Waals surface area contributed by atoms with Crippen LogP contribution >= 0.6 is 21.6 Å². The van der Waals surface area contributed by atoms with E-state index in [9.17, 15) is 0 Å². The smallest absolute Gasteiger partial charge is 0.0942 e. The average molecular weight is 119 g/mol. The molecule has 1 heterocycles. The van der Waals surface area contributed by atoms with E-state index in [1.807, 2.05) is 27.8 Å². The first-order chi connectivity index (χ1) is 3.00. The fraction of sp³-hybridized carbons (Fsp3) is 0.667. The number of aliphatic imine (C=N–C) groups is 1. The summed E-state index contributed by atoms with van der Waals surface area (Å²) >= 11 is 0. The molecule has 0 saturated carbocycles. The fourth-order valence-electron chi connectivity index (χ4n) is 0.252. The van der Waals surface area contributed by atoms with Gasteiger partial charge in [0.1, 0.15) is 0 Å². The van der Waals surface area contributed by atoms with Gasteiger partial charge in [0.25, 0.3) is 0 Å². The zero-order valence-corrected chi connectivity index (χ0v) is 4.89. The molecule has 1 aliphatic heterocycles. The van der Waals surface area contributed by atoms with Gasteiger partial charge in [-0.2, -0.15) is 0 Å². The van der Waals surface area contributed by atoms with Crippen LogP contribution in [0.15, 0.2) is 4.99 Å². The minimum atomic E-state index is 0.949. The molecule has 1 rings (SSSR count). The molecule has 6 heavy (non-hydrogen) atoms. The summed E-state index contributed by atoms with van der Waals surface area (Å²) in [5.41, 5.74) is 0. The Kier molecular flexibility index (Phi) is 1.91. The molecule has 1 aliphatic rings. The topological polar surface area (TPSA) is 12.4 Å². The van der Waals surface area contributed by atoms with Gasteiger partial charge in [0, 0.05) is 12.0 Å². The molecule has 0 N–H and O–H groups in total. The van der Waals surface area contributed by atoms with Crippen molar-refractivity contribution in [2.24, 2.45) is 4.99 Å². The second kappa shape index (κ2) is 2.53. The van der Waals surface area contributed by atoms with E-state index in [1.54, 1.807) is 0 Å². The molecule has 0 aromatic rings. The van der Waals surface area contributed by atoms with Crippen LogP contribution in [0, 0.1) is 0 Å². The van der Waals surface area contributed by atoms with Gasteiger partial charge in [-0.15, -0.1) is 0 Å². The van der Waals surface area contributed by atoms with Gasteiger partial charge in [0.2, 0.25) is 0 Å². The van der Waals surface area contributed by atoms with Crippen molar-refractivity contribution < 1.29 is 0 Å². The number of hydrogen-bond donors (Lipinski definition) is 0. The van der Waals surface area contributed by atoms with Crippen molar-refractivity contribution in [2.75, 3.05) is 11.6 Å². The first-order valence-electron chi connectivity index (χ1n) is 1.73. The summed E-state index contributed by atoms with van der Waals surface area (Å²) in [6, 6.07) is 0. The summed E-state index contributed by atoms with van der Waals surface area (Å²) in [6.45, 7) is 0. The maximum absolute atomic E-state index is 3.99. The molecular formula is C3H5NS2. The molecule has 0 unspecified atom stereocenters. The minimum absolute atomic E-state index is 0.949. The van der Waals surface area contributed by atoms with Crippen LogP contribution in [0.5, 0.6) is 0 Å². The molecule has 0 aliphatic carbocycles. The maximum Gasteiger partial charge on any atom is 0.0942 e. The van der Waals surface area contributed by atoms with Gasteiger partial charge in [-0.3, -0.25) is 4.99 Å². The van der Waals surface area contributed by atoms with E-state index < -0.39 is 0 Å². The molecule has 0 atom stereocenters. The molecule has 34 valence electrons. The van der Waals surface area contributed by atoms with Gasteiger partial charge < -0.3 is 0 Å². The first-order valence-corrected chi connectivity index (χ1v) is 4.21. The van der Waals surface area contributed by atoms with Crippen LogP contribution in [0.1, 0.15) is 0 Å². The highest BCUT2D eigenvalue weighted by Gasteiger charge is 1.88. The lowest BCUT2D eigenvalue weighted by Crippen LogP contribution is -1.83. The van der Waals surface area contributed by atoms with Crippen LogP contribution in [0.4, 0.5) is 0 Å². The van der Waals surface area contributed by atoms with E-state index in [4.69, 9.17) is 0 Å². The van der Waals surface area contributed by atoms with Gasteiger partial charge in [-0.1, -0.05) is 21.6 Å². The zero-order chi connectivity index (χ0) is 4.24. The van der Waals surface area contributed by atoms with Crippen LogP contribution < -0.4 is 0 Å². The summed E-state index contributed by atoms with van der Waals surface area (Å²) in [6.07, 6.45) is 1.96. The number of hydrogen-bond acceptors (Lipinski definition) is 3. The van der Waals surface area contributed by atoms with Crippen LogP contribution in [0.2, 0.25) is 0 Å². The normalized spacial score (nSPS) is 21.3. The lowest BCUT2D eigenvalue weighted by Gasteiger charge is -1.96. The Labute approximate surface area is 45.0 Å². The standard InChI is InChI=1S/C3H5NS2/c1-2-5-6-3-4-1/h1H,2-3H2. The van der Waals surface area contributed by atoms with Crippen LogP contribution in [0.25, 0.3) is 0 Å². The lowest BCUT2D eigenvalue weighted by molar-refractivity contribution is 1.40. The van der Waals surface area contributed by atoms with Gasteiger partial charge in [0.05, 0.1) is 5.88 Å². The lowest BCUT2D eigenvalue weighted by atomic mass is 10.9. The molecule has 0 fully saturated rings. The van der Waals surface area contributed by atoms with Crippen molar-refractivity contribution in [3.8, 4) is 0 Å². The highest BCUT2D eigenvalue weighted by molar-refractivity contribution is 8.77. The summed E-state index contributed by atoms with van der Waals surface area (Å²) in [7, 11) is 3.68. The Morgan fingerprint density at radius 1 is 1.50 bits per heavy atom. The molecule has 0 aromatic carbocycles. The van der Waals surface area contributed by atoms with E-state index in [0.29, 0.717) is 0 Å². The average Bonchev–Trinajstić information content (AvgIpc) is 1.72.